The topological polar surface area (TPSA) is 46.2 Å². The van der Waals surface area contributed by atoms with Crippen LogP contribution in [-0.2, 0) is 10.9 Å². The molecule has 4 nitrogen and oxygen atoms in total. The van der Waals surface area contributed by atoms with Crippen molar-refractivity contribution in [2.45, 2.75) is 25.6 Å². The minimum Gasteiger partial charge on any atom is -0.382 e. The van der Waals surface area contributed by atoms with Crippen molar-refractivity contribution < 1.29 is 17.9 Å². The molecule has 0 fully saturated rings. The first-order valence-corrected chi connectivity index (χ1v) is 5.72. The summed E-state index contributed by atoms with van der Waals surface area (Å²) >= 11 is 0. The van der Waals surface area contributed by atoms with E-state index in [4.69, 9.17) is 4.74 Å². The molecule has 0 aliphatic carbocycles. The van der Waals surface area contributed by atoms with Gasteiger partial charge in [0.25, 0.3) is 0 Å². The fraction of sp³-hybridized carbons (Fsp3) is 0.583. The quantitative estimate of drug-likeness (QED) is 0.868. The van der Waals surface area contributed by atoms with E-state index in [9.17, 15) is 13.2 Å². The Morgan fingerprint density at radius 3 is 2.26 bits per heavy atom. The van der Waals surface area contributed by atoms with Crippen molar-refractivity contribution in [2.24, 2.45) is 0 Å². The number of nitrogens with zero attached hydrogens (tertiary/aromatic N) is 1. The number of alkyl halides is 3. The van der Waals surface area contributed by atoms with E-state index >= 15 is 0 Å². The molecule has 0 saturated heterocycles. The molecule has 0 aliphatic rings. The Bertz CT molecular complexity index is 433. The molecule has 0 radical (unpaired) electrons. The number of hydrogen-bond donors (Lipinski definition) is 2. The SMILES string of the molecule is CNc1cc(C(F)(F)F)cc(NC(C)(C)COC)n1. The number of rotatable bonds is 5. The third-order valence-electron chi connectivity index (χ3n) is 2.38. The number of nitrogens with one attached hydrogen (secondary N) is 2. The molecule has 1 rings (SSSR count). The van der Waals surface area contributed by atoms with Gasteiger partial charge in [0.15, 0.2) is 0 Å². The molecular formula is C12H18F3N3O. The lowest BCUT2D eigenvalue weighted by Crippen LogP contribution is -2.36. The van der Waals surface area contributed by atoms with Crippen molar-refractivity contribution in [3.05, 3.63) is 17.7 Å². The zero-order chi connectivity index (χ0) is 14.7. The van der Waals surface area contributed by atoms with Gasteiger partial charge in [0, 0.05) is 14.2 Å². The van der Waals surface area contributed by atoms with Crippen LogP contribution in [0.1, 0.15) is 19.4 Å². The fourth-order valence-corrected chi connectivity index (χ4v) is 1.63. The van der Waals surface area contributed by atoms with Gasteiger partial charge >= 0.3 is 6.18 Å². The van der Waals surface area contributed by atoms with Crippen LogP contribution in [0.4, 0.5) is 24.8 Å². The molecule has 0 bridgehead atoms. The molecule has 0 spiro atoms. The fourth-order valence-electron chi connectivity index (χ4n) is 1.63. The van der Waals surface area contributed by atoms with Crippen LogP contribution in [0.25, 0.3) is 0 Å². The summed E-state index contributed by atoms with van der Waals surface area (Å²) in [6, 6.07) is 1.95. The van der Waals surface area contributed by atoms with E-state index in [-0.39, 0.29) is 11.6 Å². The Kier molecular flexibility index (Phi) is 4.62. The van der Waals surface area contributed by atoms with E-state index in [1.54, 1.807) is 0 Å². The van der Waals surface area contributed by atoms with Crippen LogP contribution in [0.2, 0.25) is 0 Å². The highest BCUT2D eigenvalue weighted by Crippen LogP contribution is 2.32. The normalized spacial score (nSPS) is 12.4. The van der Waals surface area contributed by atoms with Crippen LogP contribution in [0.15, 0.2) is 12.1 Å². The Balaban J connectivity index is 3.07. The summed E-state index contributed by atoms with van der Waals surface area (Å²) in [7, 11) is 3.05. The van der Waals surface area contributed by atoms with Crippen LogP contribution in [0.3, 0.4) is 0 Å². The van der Waals surface area contributed by atoms with Crippen LogP contribution in [0.5, 0.6) is 0 Å². The van der Waals surface area contributed by atoms with Crippen molar-refractivity contribution >= 4 is 11.6 Å². The molecule has 0 aliphatic heterocycles. The second-order valence-electron chi connectivity index (χ2n) is 4.82. The smallest absolute Gasteiger partial charge is 0.382 e. The van der Waals surface area contributed by atoms with Crippen molar-refractivity contribution in [1.29, 1.82) is 0 Å². The van der Waals surface area contributed by atoms with Crippen LogP contribution < -0.4 is 10.6 Å². The summed E-state index contributed by atoms with van der Waals surface area (Å²) in [4.78, 5) is 4.06. The zero-order valence-electron chi connectivity index (χ0n) is 11.4. The molecule has 0 unspecified atom stereocenters. The van der Waals surface area contributed by atoms with Gasteiger partial charge in [0.05, 0.1) is 17.7 Å². The average Bonchev–Trinajstić information content (AvgIpc) is 2.26. The Hall–Kier alpha value is -1.50. The summed E-state index contributed by atoms with van der Waals surface area (Å²) < 4.78 is 43.3. The second-order valence-corrected chi connectivity index (χ2v) is 4.82. The first-order chi connectivity index (χ1) is 8.68. The Morgan fingerprint density at radius 1 is 1.21 bits per heavy atom. The number of hydrogen-bond acceptors (Lipinski definition) is 4. The van der Waals surface area contributed by atoms with E-state index in [0.717, 1.165) is 12.1 Å². The zero-order valence-corrected chi connectivity index (χ0v) is 11.4. The van der Waals surface area contributed by atoms with Crippen LogP contribution >= 0.6 is 0 Å². The highest BCUT2D eigenvalue weighted by Gasteiger charge is 2.32. The number of pyridine rings is 1. The third kappa shape index (κ3) is 4.59. The summed E-state index contributed by atoms with van der Waals surface area (Å²) in [5.74, 6) is 0.312. The number of ether oxygens (including phenoxy) is 1. The molecule has 19 heavy (non-hydrogen) atoms. The van der Waals surface area contributed by atoms with Gasteiger partial charge in [0.2, 0.25) is 0 Å². The molecule has 108 valence electrons. The molecule has 0 aromatic carbocycles. The highest BCUT2D eigenvalue weighted by atomic mass is 19.4. The lowest BCUT2D eigenvalue weighted by molar-refractivity contribution is -0.137. The molecule has 1 heterocycles. The third-order valence-corrected chi connectivity index (χ3v) is 2.38. The largest absolute Gasteiger partial charge is 0.416 e. The van der Waals surface area contributed by atoms with Gasteiger partial charge in [-0.2, -0.15) is 13.2 Å². The van der Waals surface area contributed by atoms with E-state index in [2.05, 4.69) is 15.6 Å². The number of methoxy groups -OCH3 is 1. The average molecular weight is 277 g/mol. The van der Waals surface area contributed by atoms with Gasteiger partial charge in [0.1, 0.15) is 11.6 Å². The number of aromatic nitrogens is 1. The van der Waals surface area contributed by atoms with E-state index < -0.39 is 17.3 Å². The maximum atomic E-state index is 12.8. The van der Waals surface area contributed by atoms with Crippen molar-refractivity contribution in [1.82, 2.24) is 4.98 Å². The molecule has 7 heteroatoms. The van der Waals surface area contributed by atoms with Crippen molar-refractivity contribution in [2.75, 3.05) is 31.4 Å². The molecule has 0 amide bonds. The summed E-state index contributed by atoms with van der Waals surface area (Å²) in [5.41, 5.74) is -1.26. The molecule has 0 saturated carbocycles. The predicted octanol–water partition coefficient (Wildman–Crippen LogP) is 2.98. The summed E-state index contributed by atoms with van der Waals surface area (Å²) in [6.07, 6.45) is -4.41. The molecule has 2 N–H and O–H groups in total. The number of anilines is 2. The van der Waals surface area contributed by atoms with E-state index in [1.807, 2.05) is 13.8 Å². The molecular weight excluding hydrogens is 259 g/mol. The maximum Gasteiger partial charge on any atom is 0.416 e. The first-order valence-electron chi connectivity index (χ1n) is 5.72. The number of halogens is 3. The monoisotopic (exact) mass is 277 g/mol. The first kappa shape index (κ1) is 15.6. The minimum atomic E-state index is -4.41. The van der Waals surface area contributed by atoms with E-state index in [0.29, 0.717) is 6.61 Å². The lowest BCUT2D eigenvalue weighted by atomic mass is 10.1. The standard InChI is InChI=1S/C12H18F3N3O/c1-11(2,7-19-4)18-10-6-8(12(13,14)15)5-9(16-3)17-10/h5-6H,7H2,1-4H3,(H2,16,17,18). The van der Waals surface area contributed by atoms with Crippen molar-refractivity contribution in [3.8, 4) is 0 Å². The summed E-state index contributed by atoms with van der Waals surface area (Å²) in [6.45, 7) is 3.98. The van der Waals surface area contributed by atoms with Crippen molar-refractivity contribution in [3.63, 3.8) is 0 Å². The molecule has 1 aromatic rings. The predicted molar refractivity (Wildman–Crippen MR) is 68.4 cm³/mol. The Labute approximate surface area is 110 Å². The molecule has 0 atom stereocenters. The maximum absolute atomic E-state index is 12.8. The molecule has 1 aromatic heterocycles. The van der Waals surface area contributed by atoms with E-state index in [1.165, 1.54) is 14.2 Å². The summed E-state index contributed by atoms with van der Waals surface area (Å²) in [5, 5.41) is 5.55. The van der Waals surface area contributed by atoms with Gasteiger partial charge in [-0.05, 0) is 26.0 Å². The van der Waals surface area contributed by atoms with Gasteiger partial charge in [-0.1, -0.05) is 0 Å². The van der Waals surface area contributed by atoms with Gasteiger partial charge in [-0.3, -0.25) is 0 Å². The Morgan fingerprint density at radius 2 is 1.79 bits per heavy atom. The van der Waals surface area contributed by atoms with Gasteiger partial charge in [-0.15, -0.1) is 0 Å². The minimum absolute atomic E-state index is 0.154. The van der Waals surface area contributed by atoms with Crippen LogP contribution in [-0.4, -0.2) is 31.3 Å². The van der Waals surface area contributed by atoms with Gasteiger partial charge < -0.3 is 15.4 Å². The second kappa shape index (κ2) is 5.64. The van der Waals surface area contributed by atoms with Gasteiger partial charge in [-0.25, -0.2) is 4.98 Å². The van der Waals surface area contributed by atoms with Crippen LogP contribution in [0, 0.1) is 0 Å². The lowest BCUT2D eigenvalue weighted by Gasteiger charge is -2.26. The highest BCUT2D eigenvalue weighted by molar-refractivity contribution is 5.50.